The van der Waals surface area contributed by atoms with Gasteiger partial charge in [0.05, 0.1) is 16.5 Å². The number of carboxylic acids is 1. The molecule has 5 heteroatoms. The van der Waals surface area contributed by atoms with Gasteiger partial charge in [-0.25, -0.2) is 9.78 Å². The zero-order valence-corrected chi connectivity index (χ0v) is 13.3. The second kappa shape index (κ2) is 6.12. The molecule has 3 rings (SSSR count). The van der Waals surface area contributed by atoms with Gasteiger partial charge in [-0.1, -0.05) is 30.3 Å². The summed E-state index contributed by atoms with van der Waals surface area (Å²) < 4.78 is 0. The first kappa shape index (κ1) is 15.7. The number of aryl methyl sites for hydroxylation is 2. The Morgan fingerprint density at radius 2 is 1.92 bits per heavy atom. The molecular formula is C19H16N2O3. The van der Waals surface area contributed by atoms with Crippen molar-refractivity contribution in [3.8, 4) is 0 Å². The summed E-state index contributed by atoms with van der Waals surface area (Å²) in [5.74, 6) is -0.790. The molecule has 0 atom stereocenters. The van der Waals surface area contributed by atoms with Gasteiger partial charge in [-0.05, 0) is 48.7 Å². The van der Waals surface area contributed by atoms with E-state index < -0.39 is 5.97 Å². The highest BCUT2D eigenvalue weighted by Gasteiger charge is 2.12. The maximum absolute atomic E-state index is 12.2. The van der Waals surface area contributed by atoms with E-state index in [2.05, 4.69) is 9.97 Å². The van der Waals surface area contributed by atoms with Crippen molar-refractivity contribution in [2.24, 2.45) is 0 Å². The van der Waals surface area contributed by atoms with Gasteiger partial charge in [0.2, 0.25) is 0 Å². The summed E-state index contributed by atoms with van der Waals surface area (Å²) in [5.41, 5.74) is 3.20. The average molecular weight is 320 g/mol. The number of nitrogens with zero attached hydrogens (tertiary/aromatic N) is 1. The molecule has 0 spiro atoms. The molecule has 5 nitrogen and oxygen atoms in total. The van der Waals surface area contributed by atoms with E-state index in [0.29, 0.717) is 5.82 Å². The minimum Gasteiger partial charge on any atom is -0.478 e. The van der Waals surface area contributed by atoms with E-state index in [0.717, 1.165) is 5.56 Å². The summed E-state index contributed by atoms with van der Waals surface area (Å²) in [7, 11) is 0. The summed E-state index contributed by atoms with van der Waals surface area (Å²) in [6, 6.07) is 10.6. The van der Waals surface area contributed by atoms with Gasteiger partial charge in [0.1, 0.15) is 5.82 Å². The number of hydrogen-bond donors (Lipinski definition) is 2. The molecule has 2 N–H and O–H groups in total. The molecule has 0 aliphatic carbocycles. The number of carboxylic acid groups (broad SMARTS) is 1. The van der Waals surface area contributed by atoms with Crippen LogP contribution in [0.15, 0.2) is 41.2 Å². The number of aromatic amines is 1. The predicted molar refractivity (Wildman–Crippen MR) is 94.2 cm³/mol. The van der Waals surface area contributed by atoms with Crippen LogP contribution in [-0.2, 0) is 0 Å². The lowest BCUT2D eigenvalue weighted by molar-refractivity contribution is 0.0699. The summed E-state index contributed by atoms with van der Waals surface area (Å²) in [6.45, 7) is 4.07. The molecule has 1 heterocycles. The van der Waals surface area contributed by atoms with Crippen LogP contribution in [0, 0.1) is 13.8 Å². The largest absolute Gasteiger partial charge is 0.478 e. The monoisotopic (exact) mass is 320 g/mol. The van der Waals surface area contributed by atoms with Crippen molar-refractivity contribution in [1.82, 2.24) is 9.97 Å². The fourth-order valence-corrected chi connectivity index (χ4v) is 2.47. The van der Waals surface area contributed by atoms with Crippen molar-refractivity contribution in [3.63, 3.8) is 0 Å². The highest BCUT2D eigenvalue weighted by Crippen LogP contribution is 2.15. The second-order valence-corrected chi connectivity index (χ2v) is 5.64. The maximum atomic E-state index is 12.2. The molecule has 0 aliphatic heterocycles. The smallest absolute Gasteiger partial charge is 0.337 e. The van der Waals surface area contributed by atoms with Crippen LogP contribution >= 0.6 is 0 Å². The Bertz CT molecular complexity index is 1030. The second-order valence-electron chi connectivity index (χ2n) is 5.64. The minimum atomic E-state index is -1.11. The van der Waals surface area contributed by atoms with Gasteiger partial charge >= 0.3 is 5.97 Å². The Morgan fingerprint density at radius 3 is 2.62 bits per heavy atom. The Morgan fingerprint density at radius 1 is 1.12 bits per heavy atom. The molecule has 3 aromatic rings. The summed E-state index contributed by atoms with van der Waals surface area (Å²) in [5, 5.41) is 9.52. The fourth-order valence-electron chi connectivity index (χ4n) is 2.47. The van der Waals surface area contributed by atoms with Crippen LogP contribution in [-0.4, -0.2) is 21.0 Å². The van der Waals surface area contributed by atoms with Gasteiger partial charge in [-0.3, -0.25) is 4.79 Å². The van der Waals surface area contributed by atoms with Crippen LogP contribution in [0.3, 0.4) is 0 Å². The van der Waals surface area contributed by atoms with E-state index in [9.17, 15) is 14.7 Å². The Hall–Kier alpha value is -3.21. The van der Waals surface area contributed by atoms with Gasteiger partial charge in [-0.2, -0.15) is 0 Å². The number of aromatic carboxylic acids is 1. The molecule has 0 bridgehead atoms. The molecule has 0 saturated heterocycles. The van der Waals surface area contributed by atoms with E-state index in [4.69, 9.17) is 0 Å². The normalized spacial score (nSPS) is 11.2. The van der Waals surface area contributed by atoms with E-state index in [1.54, 1.807) is 12.1 Å². The molecule has 2 aromatic carbocycles. The summed E-state index contributed by atoms with van der Waals surface area (Å²) in [4.78, 5) is 30.4. The third kappa shape index (κ3) is 2.96. The number of nitrogens with one attached hydrogen (secondary N) is 1. The van der Waals surface area contributed by atoms with Crippen molar-refractivity contribution in [1.29, 1.82) is 0 Å². The SMILES string of the molecule is Cc1ccc(/C=C/c2nc3c(C(=O)O)cccc3c(=O)[nH]2)cc1C. The molecule has 0 fully saturated rings. The molecule has 0 aliphatic rings. The molecule has 0 amide bonds. The number of para-hydroxylation sites is 1. The van der Waals surface area contributed by atoms with Gasteiger partial charge in [0.25, 0.3) is 5.56 Å². The molecular weight excluding hydrogens is 304 g/mol. The molecule has 0 saturated carbocycles. The summed E-state index contributed by atoms with van der Waals surface area (Å²) in [6.07, 6.45) is 3.50. The maximum Gasteiger partial charge on any atom is 0.337 e. The molecule has 0 radical (unpaired) electrons. The first-order valence-electron chi connectivity index (χ1n) is 7.47. The van der Waals surface area contributed by atoms with Gasteiger partial charge < -0.3 is 10.1 Å². The van der Waals surface area contributed by atoms with Crippen molar-refractivity contribution in [2.75, 3.05) is 0 Å². The lowest BCUT2D eigenvalue weighted by Gasteiger charge is -2.03. The minimum absolute atomic E-state index is 0.0134. The molecule has 24 heavy (non-hydrogen) atoms. The average Bonchev–Trinajstić information content (AvgIpc) is 2.55. The third-order valence-corrected chi connectivity index (χ3v) is 3.95. The van der Waals surface area contributed by atoms with Crippen LogP contribution in [0.25, 0.3) is 23.1 Å². The Balaban J connectivity index is 2.08. The zero-order chi connectivity index (χ0) is 17.3. The Kier molecular flexibility index (Phi) is 4.00. The first-order valence-corrected chi connectivity index (χ1v) is 7.47. The van der Waals surface area contributed by atoms with Gasteiger partial charge in [0.15, 0.2) is 0 Å². The standard InChI is InChI=1S/C19H16N2O3/c1-11-6-7-13(10-12(11)2)8-9-16-20-17-14(18(22)21-16)4-3-5-15(17)19(23)24/h3-10H,1-2H3,(H,23,24)(H,20,21,22)/b9-8+. The predicted octanol–water partition coefficient (Wildman–Crippen LogP) is 3.41. The first-order chi connectivity index (χ1) is 11.5. The number of benzene rings is 2. The van der Waals surface area contributed by atoms with E-state index in [-0.39, 0.29) is 22.0 Å². The van der Waals surface area contributed by atoms with Crippen LogP contribution in [0.5, 0.6) is 0 Å². The number of aromatic nitrogens is 2. The highest BCUT2D eigenvalue weighted by molar-refractivity contribution is 6.01. The Labute approximate surface area is 138 Å². The van der Waals surface area contributed by atoms with Crippen LogP contribution in [0.1, 0.15) is 32.9 Å². The van der Waals surface area contributed by atoms with Crippen molar-refractivity contribution < 1.29 is 9.90 Å². The van der Waals surface area contributed by atoms with Gasteiger partial charge in [-0.15, -0.1) is 0 Å². The van der Waals surface area contributed by atoms with E-state index in [1.165, 1.54) is 23.3 Å². The van der Waals surface area contributed by atoms with Crippen LogP contribution in [0.2, 0.25) is 0 Å². The molecule has 120 valence electrons. The highest BCUT2D eigenvalue weighted by atomic mass is 16.4. The third-order valence-electron chi connectivity index (χ3n) is 3.95. The van der Waals surface area contributed by atoms with E-state index in [1.807, 2.05) is 38.1 Å². The number of carbonyl (C=O) groups is 1. The summed E-state index contributed by atoms with van der Waals surface area (Å²) >= 11 is 0. The van der Waals surface area contributed by atoms with Crippen molar-refractivity contribution in [3.05, 3.63) is 74.8 Å². The van der Waals surface area contributed by atoms with Crippen molar-refractivity contribution >= 4 is 29.0 Å². The van der Waals surface area contributed by atoms with Gasteiger partial charge in [0, 0.05) is 0 Å². The van der Waals surface area contributed by atoms with E-state index >= 15 is 0 Å². The number of hydrogen-bond acceptors (Lipinski definition) is 3. The zero-order valence-electron chi connectivity index (χ0n) is 13.3. The topological polar surface area (TPSA) is 83.0 Å². The lowest BCUT2D eigenvalue weighted by Crippen LogP contribution is -2.12. The molecule has 1 aromatic heterocycles. The quantitative estimate of drug-likeness (QED) is 0.774. The van der Waals surface area contributed by atoms with Crippen LogP contribution in [0.4, 0.5) is 0 Å². The number of fused-ring (bicyclic) bond motifs is 1. The fraction of sp³-hybridized carbons (Fsp3) is 0.105. The number of H-pyrrole nitrogens is 1. The number of rotatable bonds is 3. The van der Waals surface area contributed by atoms with Crippen molar-refractivity contribution in [2.45, 2.75) is 13.8 Å². The molecule has 0 unspecified atom stereocenters. The van der Waals surface area contributed by atoms with Crippen LogP contribution < -0.4 is 5.56 Å². The lowest BCUT2D eigenvalue weighted by atomic mass is 10.1.